The van der Waals surface area contributed by atoms with Crippen LogP contribution in [0.15, 0.2) is 186 Å². The van der Waals surface area contributed by atoms with Gasteiger partial charge in [-0.3, -0.25) is 0 Å². The van der Waals surface area contributed by atoms with E-state index < -0.39 is 12.1 Å². The van der Waals surface area contributed by atoms with E-state index in [4.69, 9.17) is 7.16 Å². The standard InChI is InChI=1S/C48H30O/c1-3-14-31(15-4-1)35-24-13-25-44-38-27-26-33(30-45(38)49-48(35)44)34-28-29-43(37-19-8-7-18-36(34)37)47-41-22-11-9-20-39(41)46(32-16-5-2-6-17-32)40-21-10-12-23-42(40)47/h1-30H/i7D,8D,18D,19D,28D,29D. The van der Waals surface area contributed by atoms with E-state index in [2.05, 4.69) is 24.3 Å². The lowest BCUT2D eigenvalue weighted by atomic mass is 9.84. The molecule has 10 rings (SSSR count). The number of rotatable bonds is 4. The summed E-state index contributed by atoms with van der Waals surface area (Å²) in [6.07, 6.45) is 0. The molecule has 0 amide bonds. The summed E-state index contributed by atoms with van der Waals surface area (Å²) in [5.74, 6) is 0. The Bertz CT molecular complexity index is 3150. The molecule has 1 heteroatoms. The van der Waals surface area contributed by atoms with Gasteiger partial charge in [-0.1, -0.05) is 170 Å². The molecule has 0 unspecified atom stereocenters. The Morgan fingerprint density at radius 1 is 0.347 bits per heavy atom. The molecule has 49 heavy (non-hydrogen) atoms. The zero-order chi connectivity index (χ0) is 37.5. The molecule has 9 aromatic carbocycles. The summed E-state index contributed by atoms with van der Waals surface area (Å²) in [6, 6.07) is 46.3. The lowest BCUT2D eigenvalue weighted by molar-refractivity contribution is 0.670. The molecule has 1 nitrogen and oxygen atoms in total. The Labute approximate surface area is 292 Å². The third-order valence-electron chi connectivity index (χ3n) is 9.62. The Kier molecular flexibility index (Phi) is 5.02. The van der Waals surface area contributed by atoms with E-state index in [1.165, 1.54) is 0 Å². The molecule has 0 saturated carbocycles. The van der Waals surface area contributed by atoms with Crippen LogP contribution in [0.2, 0.25) is 0 Å². The van der Waals surface area contributed by atoms with Gasteiger partial charge in [0, 0.05) is 16.3 Å². The topological polar surface area (TPSA) is 13.1 Å². The second-order valence-electron chi connectivity index (χ2n) is 12.3. The zero-order valence-electron chi connectivity index (χ0n) is 32.3. The molecule has 0 radical (unpaired) electrons. The number of hydrogen-bond acceptors (Lipinski definition) is 1. The molecular formula is C48H30O. The van der Waals surface area contributed by atoms with Crippen LogP contribution < -0.4 is 0 Å². The molecule has 1 heterocycles. The maximum absolute atomic E-state index is 9.78. The van der Waals surface area contributed by atoms with Crippen molar-refractivity contribution < 1.29 is 12.6 Å². The highest BCUT2D eigenvalue weighted by Gasteiger charge is 2.19. The Balaban J connectivity index is 1.32. The van der Waals surface area contributed by atoms with Crippen LogP contribution in [-0.2, 0) is 0 Å². The van der Waals surface area contributed by atoms with Crippen molar-refractivity contribution in [3.63, 3.8) is 0 Å². The number of fused-ring (bicyclic) bond motifs is 6. The van der Waals surface area contributed by atoms with E-state index in [1.807, 2.05) is 121 Å². The molecule has 0 fully saturated rings. The quantitative estimate of drug-likeness (QED) is 0.177. The highest BCUT2D eigenvalue weighted by Crippen LogP contribution is 2.47. The van der Waals surface area contributed by atoms with E-state index in [-0.39, 0.29) is 40.5 Å². The minimum atomic E-state index is -0.395. The molecular weight excluding hydrogens is 593 g/mol. The summed E-state index contributed by atoms with van der Waals surface area (Å²) in [5.41, 5.74) is 7.10. The van der Waals surface area contributed by atoms with E-state index >= 15 is 0 Å². The average molecular weight is 629 g/mol. The molecule has 0 saturated heterocycles. The summed E-state index contributed by atoms with van der Waals surface area (Å²) in [4.78, 5) is 0. The van der Waals surface area contributed by atoms with Gasteiger partial charge in [-0.15, -0.1) is 0 Å². The first-order valence-corrected chi connectivity index (χ1v) is 16.4. The fraction of sp³-hybridized carbons (Fsp3) is 0. The molecule has 0 N–H and O–H groups in total. The Morgan fingerprint density at radius 2 is 0.898 bits per heavy atom. The van der Waals surface area contributed by atoms with E-state index in [1.54, 1.807) is 0 Å². The highest BCUT2D eigenvalue weighted by atomic mass is 16.3. The summed E-state index contributed by atoms with van der Waals surface area (Å²) < 4.78 is 62.4. The molecule has 0 aliphatic heterocycles. The van der Waals surface area contributed by atoms with Gasteiger partial charge in [0.1, 0.15) is 11.2 Å². The summed E-state index contributed by atoms with van der Waals surface area (Å²) in [6.45, 7) is 0. The number of benzene rings is 9. The SMILES string of the molecule is [2H]c1c([2H])c([2H])c2c(-c3c4ccccc4c(-c4ccccc4)c4ccccc34)c([2H])c([2H])c(-c3ccc4c(c3)oc3c(-c5ccccc5)cccc34)c2c1[2H]. The van der Waals surface area contributed by atoms with Gasteiger partial charge in [-0.05, 0) is 83.4 Å². The molecule has 0 aliphatic carbocycles. The number of furan rings is 1. The maximum Gasteiger partial charge on any atom is 0.143 e. The highest BCUT2D eigenvalue weighted by molar-refractivity contribution is 6.24. The van der Waals surface area contributed by atoms with Crippen molar-refractivity contribution in [1.29, 1.82) is 0 Å². The smallest absolute Gasteiger partial charge is 0.143 e. The Hall–Kier alpha value is -6.44. The average Bonchev–Trinajstić information content (AvgIpc) is 3.61. The van der Waals surface area contributed by atoms with E-state index in [0.717, 1.165) is 60.2 Å². The van der Waals surface area contributed by atoms with Crippen molar-refractivity contribution in [2.75, 3.05) is 0 Å². The molecule has 0 spiro atoms. The van der Waals surface area contributed by atoms with Gasteiger partial charge >= 0.3 is 0 Å². The molecule has 0 bridgehead atoms. The second-order valence-corrected chi connectivity index (χ2v) is 12.3. The minimum absolute atomic E-state index is 0.119. The van der Waals surface area contributed by atoms with Crippen LogP contribution in [0.25, 0.3) is 98.8 Å². The van der Waals surface area contributed by atoms with Gasteiger partial charge < -0.3 is 4.42 Å². The van der Waals surface area contributed by atoms with Gasteiger partial charge in [-0.25, -0.2) is 0 Å². The van der Waals surface area contributed by atoms with Crippen molar-refractivity contribution in [2.24, 2.45) is 0 Å². The third kappa shape index (κ3) is 4.33. The molecule has 0 aliphatic rings. The first-order valence-electron chi connectivity index (χ1n) is 19.4. The fourth-order valence-corrected chi connectivity index (χ4v) is 7.45. The molecule has 1 aromatic heterocycles. The predicted molar refractivity (Wildman–Crippen MR) is 208 cm³/mol. The van der Waals surface area contributed by atoms with Gasteiger partial charge in [0.25, 0.3) is 0 Å². The second kappa shape index (κ2) is 11.1. The predicted octanol–water partition coefficient (Wildman–Crippen LogP) is 13.7. The molecule has 10 aromatic rings. The number of hydrogen-bond donors (Lipinski definition) is 0. The largest absolute Gasteiger partial charge is 0.455 e. The van der Waals surface area contributed by atoms with Crippen LogP contribution in [0.4, 0.5) is 0 Å². The van der Waals surface area contributed by atoms with Crippen molar-refractivity contribution in [3.8, 4) is 44.5 Å². The minimum Gasteiger partial charge on any atom is -0.455 e. The van der Waals surface area contributed by atoms with Crippen molar-refractivity contribution in [2.45, 2.75) is 0 Å². The lowest BCUT2D eigenvalue weighted by Crippen LogP contribution is -1.92. The first kappa shape index (κ1) is 22.2. The van der Waals surface area contributed by atoms with Crippen molar-refractivity contribution in [3.05, 3.63) is 182 Å². The van der Waals surface area contributed by atoms with Crippen LogP contribution in [0.3, 0.4) is 0 Å². The molecule has 0 atom stereocenters. The van der Waals surface area contributed by atoms with Crippen molar-refractivity contribution >= 4 is 54.3 Å². The van der Waals surface area contributed by atoms with Crippen LogP contribution in [0.1, 0.15) is 8.22 Å². The van der Waals surface area contributed by atoms with Crippen LogP contribution in [0.5, 0.6) is 0 Å². The summed E-state index contributed by atoms with van der Waals surface area (Å²) >= 11 is 0. The summed E-state index contributed by atoms with van der Waals surface area (Å²) in [5, 5.41) is 5.76. The van der Waals surface area contributed by atoms with Gasteiger partial charge in [0.05, 0.1) is 8.22 Å². The Morgan fingerprint density at radius 3 is 1.57 bits per heavy atom. The lowest BCUT2D eigenvalue weighted by Gasteiger charge is -2.19. The fourth-order valence-electron chi connectivity index (χ4n) is 7.45. The summed E-state index contributed by atoms with van der Waals surface area (Å²) in [7, 11) is 0. The first-order chi connectivity index (χ1) is 26.8. The number of para-hydroxylation sites is 1. The van der Waals surface area contributed by atoms with Gasteiger partial charge in [0.2, 0.25) is 0 Å². The van der Waals surface area contributed by atoms with Crippen LogP contribution >= 0.6 is 0 Å². The van der Waals surface area contributed by atoms with Crippen LogP contribution in [-0.4, -0.2) is 0 Å². The van der Waals surface area contributed by atoms with E-state index in [0.29, 0.717) is 22.3 Å². The van der Waals surface area contributed by atoms with E-state index in [9.17, 15) is 5.48 Å². The zero-order valence-corrected chi connectivity index (χ0v) is 26.3. The monoisotopic (exact) mass is 628 g/mol. The maximum atomic E-state index is 9.78. The molecule has 228 valence electrons. The van der Waals surface area contributed by atoms with Crippen LogP contribution in [0, 0.1) is 0 Å². The normalized spacial score (nSPS) is 13.4. The third-order valence-corrected chi connectivity index (χ3v) is 9.62. The van der Waals surface area contributed by atoms with Crippen molar-refractivity contribution in [1.82, 2.24) is 0 Å². The van der Waals surface area contributed by atoms with Gasteiger partial charge in [0.15, 0.2) is 0 Å². The van der Waals surface area contributed by atoms with Gasteiger partial charge in [-0.2, -0.15) is 0 Å².